The van der Waals surface area contributed by atoms with Gasteiger partial charge in [-0.2, -0.15) is 0 Å². The summed E-state index contributed by atoms with van der Waals surface area (Å²) in [6.07, 6.45) is 8.13. The van der Waals surface area contributed by atoms with E-state index in [0.29, 0.717) is 6.61 Å². The van der Waals surface area contributed by atoms with E-state index in [1.807, 2.05) is 27.2 Å². The van der Waals surface area contributed by atoms with E-state index in [9.17, 15) is 5.11 Å². The summed E-state index contributed by atoms with van der Waals surface area (Å²) in [5.74, 6) is 0.447. The van der Waals surface area contributed by atoms with Crippen LogP contribution in [-0.4, -0.2) is 99.2 Å². The first-order valence-corrected chi connectivity index (χ1v) is 19.0. The average Bonchev–Trinajstić information content (AvgIpc) is 3.32. The van der Waals surface area contributed by atoms with E-state index in [1.54, 1.807) is 0 Å². The Morgan fingerprint density at radius 2 is 1.05 bits per heavy atom. The van der Waals surface area contributed by atoms with Gasteiger partial charge >= 0.3 is 0 Å². The molecule has 10 heteroatoms. The Morgan fingerprint density at radius 1 is 0.667 bits per heavy atom. The Hall–Kier alpha value is 0.280. The van der Waals surface area contributed by atoms with Crippen LogP contribution in [0, 0.1) is 23.2 Å². The molecule has 0 aliphatic carbocycles. The lowest BCUT2D eigenvalue weighted by Crippen LogP contribution is -2.34. The maximum Gasteiger partial charge on any atom is 0.115 e. The Labute approximate surface area is 238 Å². The van der Waals surface area contributed by atoms with Crippen LogP contribution in [0.1, 0.15) is 68.7 Å². The van der Waals surface area contributed by atoms with Crippen LogP contribution in [0.3, 0.4) is 0 Å². The van der Waals surface area contributed by atoms with Gasteiger partial charge in [-0.05, 0) is 32.6 Å². The molecule has 0 saturated carbocycles. The first-order chi connectivity index (χ1) is 17.8. The minimum atomic E-state index is -2.47. The van der Waals surface area contributed by atoms with Gasteiger partial charge in [0.25, 0.3) is 0 Å². The van der Waals surface area contributed by atoms with Crippen LogP contribution >= 0.6 is 14.7 Å². The fourth-order valence-corrected chi connectivity index (χ4v) is 8.40. The first-order valence-electron chi connectivity index (χ1n) is 14.5. The molecule has 0 amide bonds. The van der Waals surface area contributed by atoms with Crippen molar-refractivity contribution in [1.82, 2.24) is 0 Å². The van der Waals surface area contributed by atoms with Crippen molar-refractivity contribution < 1.29 is 37.4 Å². The maximum atomic E-state index is 10.5. The summed E-state index contributed by atoms with van der Waals surface area (Å²) in [5, 5.41) is 10.5. The number of rotatable bonds is 11. The quantitative estimate of drug-likeness (QED) is 0.306. The highest BCUT2D eigenvalue weighted by Gasteiger charge is 2.46. The Kier molecular flexibility index (Phi) is 11.2. The molecule has 230 valence electrons. The summed E-state index contributed by atoms with van der Waals surface area (Å²) in [6, 6.07) is 0. The lowest BCUT2D eigenvalue weighted by molar-refractivity contribution is -0.0228. The molecule has 0 spiro atoms. The van der Waals surface area contributed by atoms with Gasteiger partial charge in [-0.3, -0.25) is 0 Å². The molecular weight excluding hydrogens is 538 g/mol. The van der Waals surface area contributed by atoms with Crippen molar-refractivity contribution in [3.05, 3.63) is 0 Å². The van der Waals surface area contributed by atoms with Gasteiger partial charge in [0.2, 0.25) is 0 Å². The minimum Gasteiger partial charge on any atom is -0.390 e. The lowest BCUT2D eigenvalue weighted by atomic mass is 9.86. The van der Waals surface area contributed by atoms with Gasteiger partial charge in [0.05, 0.1) is 55.9 Å². The van der Waals surface area contributed by atoms with E-state index in [2.05, 4.69) is 61.1 Å². The predicted molar refractivity (Wildman–Crippen MR) is 162 cm³/mol. The highest BCUT2D eigenvalue weighted by atomic mass is 31.2. The van der Waals surface area contributed by atoms with E-state index in [4.69, 9.17) is 32.3 Å². The van der Waals surface area contributed by atoms with Crippen molar-refractivity contribution in [3.63, 3.8) is 0 Å². The van der Waals surface area contributed by atoms with E-state index in [-0.39, 0.29) is 78.6 Å². The summed E-state index contributed by atoms with van der Waals surface area (Å²) in [5.41, 5.74) is 0.131. The largest absolute Gasteiger partial charge is 0.390 e. The summed E-state index contributed by atoms with van der Waals surface area (Å²) >= 11 is 0. The van der Waals surface area contributed by atoms with Crippen LogP contribution in [0.15, 0.2) is 0 Å². The van der Waals surface area contributed by atoms with Crippen LogP contribution in [0.2, 0.25) is 0 Å². The lowest BCUT2D eigenvalue weighted by Gasteiger charge is -2.33. The standard InChI is InChI=1S/C29H56O8P2/c1-17-20(4)34-24(26(17)30)15-31-38(10,11)37-28-19(3)22(6)35-25(28)16-32-39(12,13)36-27-18(2)21(5)33-23(27)14-29(7,8)9/h17-28,30H,10,12,14-16H2,1-9,11,13H3. The number of aliphatic hydroxyl groups is 1. The third-order valence-corrected chi connectivity index (χ3v) is 11.4. The molecule has 1 N–H and O–H groups in total. The third-order valence-electron chi connectivity index (χ3n) is 8.61. The van der Waals surface area contributed by atoms with Gasteiger partial charge < -0.3 is 37.4 Å². The molecule has 0 aromatic carbocycles. The van der Waals surface area contributed by atoms with Gasteiger partial charge in [0.15, 0.2) is 0 Å². The molecule has 3 heterocycles. The zero-order chi connectivity index (χ0) is 29.5. The molecule has 0 aromatic rings. The van der Waals surface area contributed by atoms with Crippen LogP contribution < -0.4 is 0 Å². The van der Waals surface area contributed by atoms with Gasteiger partial charge in [0.1, 0.15) is 26.9 Å². The van der Waals surface area contributed by atoms with Gasteiger partial charge in [-0.15, -0.1) is 0 Å². The molecule has 3 aliphatic rings. The topological polar surface area (TPSA) is 84.8 Å². The van der Waals surface area contributed by atoms with Crippen LogP contribution in [0.4, 0.5) is 0 Å². The Bertz CT molecular complexity index is 906. The summed E-state index contributed by atoms with van der Waals surface area (Å²) in [7, 11) is -4.90. The molecule has 8 nitrogen and oxygen atoms in total. The van der Waals surface area contributed by atoms with Crippen LogP contribution in [0.25, 0.3) is 0 Å². The number of hydrogen-bond donors (Lipinski definition) is 1. The Balaban J connectivity index is 1.59. The fraction of sp³-hybridized carbons (Fsp3) is 0.931. The molecule has 3 aliphatic heterocycles. The van der Waals surface area contributed by atoms with Gasteiger partial charge in [-0.25, -0.2) is 0 Å². The van der Waals surface area contributed by atoms with Gasteiger partial charge in [0, 0.05) is 31.1 Å². The number of ether oxygens (including phenoxy) is 3. The monoisotopic (exact) mass is 594 g/mol. The van der Waals surface area contributed by atoms with Crippen molar-refractivity contribution >= 4 is 27.3 Å². The molecule has 39 heavy (non-hydrogen) atoms. The molecule has 14 unspecified atom stereocenters. The third kappa shape index (κ3) is 8.89. The second-order valence-electron chi connectivity index (χ2n) is 13.7. The Morgan fingerprint density at radius 3 is 1.49 bits per heavy atom. The van der Waals surface area contributed by atoms with E-state index < -0.39 is 20.8 Å². The smallest absolute Gasteiger partial charge is 0.115 e. The summed E-state index contributed by atoms with van der Waals surface area (Å²) < 4.78 is 44.1. The van der Waals surface area contributed by atoms with Crippen molar-refractivity contribution in [2.24, 2.45) is 23.2 Å². The second kappa shape index (κ2) is 12.9. The predicted octanol–water partition coefficient (Wildman–Crippen LogP) is 5.68. The normalized spacial score (nSPS) is 44.4. The highest BCUT2D eigenvalue weighted by Crippen LogP contribution is 2.52. The SMILES string of the molecule is C=P(C)(OCC1OC(C)C(C)C1O)OC1C(COP(=C)(C)OC2C(CC(C)(C)C)OC(C)C2C)OC(C)C1C. The van der Waals surface area contributed by atoms with E-state index >= 15 is 0 Å². The van der Waals surface area contributed by atoms with Crippen LogP contribution in [-0.2, 0) is 32.3 Å². The van der Waals surface area contributed by atoms with Crippen molar-refractivity contribution in [2.45, 2.75) is 124 Å². The zero-order valence-electron chi connectivity index (χ0n) is 26.2. The average molecular weight is 595 g/mol. The molecule has 3 fully saturated rings. The molecule has 3 rings (SSSR count). The molecule has 3 saturated heterocycles. The number of hydrogen-bond acceptors (Lipinski definition) is 8. The molecule has 0 bridgehead atoms. The highest BCUT2D eigenvalue weighted by molar-refractivity contribution is 7.64. The molecule has 14 atom stereocenters. The fourth-order valence-electron chi connectivity index (χ4n) is 5.67. The van der Waals surface area contributed by atoms with Crippen molar-refractivity contribution in [2.75, 3.05) is 26.5 Å². The van der Waals surface area contributed by atoms with Crippen molar-refractivity contribution in [1.29, 1.82) is 0 Å². The van der Waals surface area contributed by atoms with E-state index in [1.165, 1.54) is 0 Å². The van der Waals surface area contributed by atoms with Crippen LogP contribution in [0.5, 0.6) is 0 Å². The second-order valence-corrected chi connectivity index (χ2v) is 18.7. The summed E-state index contributed by atoms with van der Waals surface area (Å²) in [6.45, 7) is 23.5. The molecular formula is C29H56O8P2. The van der Waals surface area contributed by atoms with E-state index in [0.717, 1.165) is 6.42 Å². The zero-order valence-corrected chi connectivity index (χ0v) is 28.0. The van der Waals surface area contributed by atoms with Gasteiger partial charge in [-0.1, -0.05) is 54.1 Å². The van der Waals surface area contributed by atoms with Crippen molar-refractivity contribution in [3.8, 4) is 0 Å². The molecule has 0 radical (unpaired) electrons. The first kappa shape index (κ1) is 33.8. The maximum absolute atomic E-state index is 10.5. The molecule has 0 aromatic heterocycles. The minimum absolute atomic E-state index is 0.000815. The number of aliphatic hydroxyl groups excluding tert-OH is 1. The summed E-state index contributed by atoms with van der Waals surface area (Å²) in [4.78, 5) is 0.